The molecule has 2 aliphatic carbocycles. The number of nitrogens with zero attached hydrogens (tertiary/aromatic N) is 4. The smallest absolute Gasteiger partial charge is 0.333 e. The lowest BCUT2D eigenvalue weighted by atomic mass is 9.96. The molecule has 222 valence electrons. The molecule has 12 heteroatoms. The fourth-order valence-electron chi connectivity index (χ4n) is 5.87. The summed E-state index contributed by atoms with van der Waals surface area (Å²) in [6, 6.07) is 7.39. The highest BCUT2D eigenvalue weighted by molar-refractivity contribution is 6.29. The summed E-state index contributed by atoms with van der Waals surface area (Å²) < 4.78 is 11.1. The topological polar surface area (TPSA) is 132 Å². The van der Waals surface area contributed by atoms with E-state index in [2.05, 4.69) is 39.7 Å². The molecule has 42 heavy (non-hydrogen) atoms. The number of carbonyl (C=O) groups excluding carboxylic acids is 3. The number of nitrogens with one attached hydrogen (secondary N) is 3. The minimum absolute atomic E-state index is 0.0177. The molecular formula is C30H37N7O5. The molecule has 1 aromatic heterocycles. The number of aromatic nitrogens is 2. The Hall–Kier alpha value is -4.00. The maximum Gasteiger partial charge on any atom is 0.333 e. The molecule has 12 nitrogen and oxygen atoms in total. The van der Waals surface area contributed by atoms with Gasteiger partial charge in [-0.05, 0) is 51.0 Å². The van der Waals surface area contributed by atoms with Gasteiger partial charge in [-0.25, -0.2) is 9.80 Å². The Kier molecular flexibility index (Phi) is 8.09. The predicted molar refractivity (Wildman–Crippen MR) is 155 cm³/mol. The lowest BCUT2D eigenvalue weighted by Crippen LogP contribution is -2.51. The zero-order valence-corrected chi connectivity index (χ0v) is 24.1. The lowest BCUT2D eigenvalue weighted by Gasteiger charge is -2.36. The van der Waals surface area contributed by atoms with Gasteiger partial charge < -0.3 is 19.7 Å². The number of morpholine rings is 1. The Labute approximate surface area is 244 Å². The van der Waals surface area contributed by atoms with Gasteiger partial charge in [0.25, 0.3) is 5.91 Å². The zero-order chi connectivity index (χ0) is 29.2. The number of hydrogen-bond donors (Lipinski definition) is 3. The van der Waals surface area contributed by atoms with E-state index in [1.54, 1.807) is 17.1 Å². The first-order valence-corrected chi connectivity index (χ1v) is 14.6. The summed E-state index contributed by atoms with van der Waals surface area (Å²) in [5.41, 5.74) is 7.17. The number of allylic oxidation sites excluding steroid dienone is 4. The number of aromatic amines is 1. The number of amides is 3. The molecule has 4 aliphatic rings. The molecule has 2 aromatic rings. The van der Waals surface area contributed by atoms with Crippen LogP contribution in [0.1, 0.15) is 42.7 Å². The van der Waals surface area contributed by atoms with Crippen LogP contribution in [0.2, 0.25) is 0 Å². The highest BCUT2D eigenvalue weighted by Gasteiger charge is 2.39. The molecule has 3 heterocycles. The third kappa shape index (κ3) is 5.69. The molecule has 0 spiro atoms. The van der Waals surface area contributed by atoms with Gasteiger partial charge in [0.05, 0.1) is 30.0 Å². The van der Waals surface area contributed by atoms with Gasteiger partial charge in [-0.15, -0.1) is 0 Å². The van der Waals surface area contributed by atoms with Crippen LogP contribution in [0, 0.1) is 0 Å². The monoisotopic (exact) mass is 575 g/mol. The first kappa shape index (κ1) is 28.1. The molecule has 0 saturated carbocycles. The van der Waals surface area contributed by atoms with E-state index in [4.69, 9.17) is 9.47 Å². The number of Topliss-reactive ketones (excluding diaryl/α,β-unsaturated/α-hetero) is 1. The van der Waals surface area contributed by atoms with Crippen LogP contribution in [-0.4, -0.2) is 108 Å². The summed E-state index contributed by atoms with van der Waals surface area (Å²) in [5, 5.41) is 12.2. The van der Waals surface area contributed by atoms with E-state index in [9.17, 15) is 14.4 Å². The summed E-state index contributed by atoms with van der Waals surface area (Å²) >= 11 is 0. The number of fused-ring (bicyclic) bond motifs is 3. The summed E-state index contributed by atoms with van der Waals surface area (Å²) in [6.07, 6.45) is 3.26. The number of piperazine rings is 1. The minimum atomic E-state index is -0.369. The highest BCUT2D eigenvalue weighted by atomic mass is 16.5. The van der Waals surface area contributed by atoms with E-state index in [1.807, 2.05) is 23.1 Å². The largest absolute Gasteiger partial charge is 0.484 e. The Morgan fingerprint density at radius 2 is 1.81 bits per heavy atom. The van der Waals surface area contributed by atoms with Crippen LogP contribution in [0.25, 0.3) is 16.8 Å². The molecule has 0 atom stereocenters. The third-order valence-electron chi connectivity index (χ3n) is 8.23. The standard InChI is InChI=1S/C30H37N7O5/c1-19(2)35-10-12-36(13-11-35)24(38)18-42-21-8-6-20(7-9-21)27-26-28(33-32-27)22-4-3-5-23(25(22)29(26)39)31-30(40)34-37-14-16-41-17-15-37/h4,6-9,19H,3,5,10-18H2,1-2H3,(H,32,33)(H2,31,34,40). The number of carbonyl (C=O) groups is 3. The normalized spacial score (nSPS) is 19.5. The van der Waals surface area contributed by atoms with Gasteiger partial charge in [-0.1, -0.05) is 6.08 Å². The van der Waals surface area contributed by atoms with Crippen LogP contribution < -0.4 is 15.5 Å². The number of hydrogen-bond acceptors (Lipinski definition) is 8. The van der Waals surface area contributed by atoms with E-state index in [0.29, 0.717) is 92.2 Å². The molecule has 6 rings (SSSR count). The summed E-state index contributed by atoms with van der Waals surface area (Å²) in [4.78, 5) is 43.3. The van der Waals surface area contributed by atoms with Gasteiger partial charge in [0, 0.05) is 62.1 Å². The van der Waals surface area contributed by atoms with Gasteiger partial charge in [-0.3, -0.25) is 25.0 Å². The van der Waals surface area contributed by atoms with Crippen molar-refractivity contribution in [3.63, 3.8) is 0 Å². The second kappa shape index (κ2) is 12.1. The van der Waals surface area contributed by atoms with Crippen LogP contribution in [0.5, 0.6) is 5.75 Å². The number of rotatable bonds is 7. The van der Waals surface area contributed by atoms with E-state index < -0.39 is 0 Å². The number of urea groups is 1. The second-order valence-electron chi connectivity index (χ2n) is 11.2. The first-order valence-electron chi connectivity index (χ1n) is 14.6. The fourth-order valence-corrected chi connectivity index (χ4v) is 5.87. The number of H-pyrrole nitrogens is 1. The van der Waals surface area contributed by atoms with E-state index in [0.717, 1.165) is 24.2 Å². The summed E-state index contributed by atoms with van der Waals surface area (Å²) in [7, 11) is 0. The molecule has 0 unspecified atom stereocenters. The molecule has 0 bridgehead atoms. The maximum atomic E-state index is 13.7. The average Bonchev–Trinajstić information content (AvgIpc) is 3.56. The van der Waals surface area contributed by atoms with Crippen LogP contribution in [0.15, 0.2) is 41.6 Å². The van der Waals surface area contributed by atoms with Crippen LogP contribution >= 0.6 is 0 Å². The number of ketones is 1. The van der Waals surface area contributed by atoms with E-state index in [1.165, 1.54) is 0 Å². The summed E-state index contributed by atoms with van der Waals surface area (Å²) in [5.74, 6) is 0.392. The Bertz CT molecular complexity index is 1410. The van der Waals surface area contributed by atoms with Gasteiger partial charge in [-0.2, -0.15) is 5.10 Å². The average molecular weight is 576 g/mol. The molecule has 2 fully saturated rings. The van der Waals surface area contributed by atoms with Gasteiger partial charge in [0.15, 0.2) is 12.4 Å². The molecule has 3 N–H and O–H groups in total. The van der Waals surface area contributed by atoms with Crippen LogP contribution in [0.4, 0.5) is 4.79 Å². The van der Waals surface area contributed by atoms with Gasteiger partial charge in [0.1, 0.15) is 11.4 Å². The van der Waals surface area contributed by atoms with Crippen molar-refractivity contribution < 1.29 is 23.9 Å². The van der Waals surface area contributed by atoms with E-state index in [-0.39, 0.29) is 24.3 Å². The number of ether oxygens (including phenoxy) is 2. The van der Waals surface area contributed by atoms with Crippen molar-refractivity contribution >= 4 is 23.3 Å². The predicted octanol–water partition coefficient (Wildman–Crippen LogP) is 2.18. The van der Waals surface area contributed by atoms with Crippen molar-refractivity contribution in [2.75, 3.05) is 59.1 Å². The van der Waals surface area contributed by atoms with Crippen LogP contribution in [0.3, 0.4) is 0 Å². The minimum Gasteiger partial charge on any atom is -0.484 e. The SMILES string of the molecule is CC(C)N1CCN(C(=O)COc2ccc(-c3[nH]nc4c3C(=O)C3=C(NC(=O)NN5CCOCC5)CCC=C34)cc2)CC1. The molecule has 0 radical (unpaired) electrons. The van der Waals surface area contributed by atoms with Crippen molar-refractivity contribution in [1.29, 1.82) is 0 Å². The van der Waals surface area contributed by atoms with Crippen molar-refractivity contribution in [2.24, 2.45) is 0 Å². The lowest BCUT2D eigenvalue weighted by molar-refractivity contribution is -0.135. The highest BCUT2D eigenvalue weighted by Crippen LogP contribution is 2.44. The third-order valence-corrected chi connectivity index (χ3v) is 8.23. The van der Waals surface area contributed by atoms with Crippen molar-refractivity contribution in [2.45, 2.75) is 32.7 Å². The Balaban J connectivity index is 1.11. The van der Waals surface area contributed by atoms with Crippen molar-refractivity contribution in [3.05, 3.63) is 52.9 Å². The quantitative estimate of drug-likeness (QED) is 0.458. The van der Waals surface area contributed by atoms with Crippen LogP contribution in [-0.2, 0) is 9.53 Å². The molecule has 2 saturated heterocycles. The number of hydrazine groups is 1. The van der Waals surface area contributed by atoms with Crippen molar-refractivity contribution in [1.82, 2.24) is 35.7 Å². The second-order valence-corrected chi connectivity index (χ2v) is 11.2. The van der Waals surface area contributed by atoms with E-state index >= 15 is 0 Å². The maximum absolute atomic E-state index is 13.7. The van der Waals surface area contributed by atoms with Gasteiger partial charge >= 0.3 is 6.03 Å². The fraction of sp³-hybridized carbons (Fsp3) is 0.467. The first-order chi connectivity index (χ1) is 20.4. The number of benzene rings is 1. The molecule has 1 aromatic carbocycles. The molecule has 3 amide bonds. The Morgan fingerprint density at radius 1 is 1.07 bits per heavy atom. The zero-order valence-electron chi connectivity index (χ0n) is 24.1. The van der Waals surface area contributed by atoms with Gasteiger partial charge in [0.2, 0.25) is 0 Å². The van der Waals surface area contributed by atoms with Crippen molar-refractivity contribution in [3.8, 4) is 17.0 Å². The summed E-state index contributed by atoms with van der Waals surface area (Å²) in [6.45, 7) is 9.82. The molecule has 2 aliphatic heterocycles. The Morgan fingerprint density at radius 3 is 2.52 bits per heavy atom. The molecular weight excluding hydrogens is 538 g/mol.